The van der Waals surface area contributed by atoms with E-state index in [1.54, 1.807) is 6.92 Å². The minimum atomic E-state index is -1.25. The van der Waals surface area contributed by atoms with Crippen molar-refractivity contribution in [2.45, 2.75) is 31.7 Å². The molecule has 18 heavy (non-hydrogen) atoms. The number of thioether (sulfide) groups is 1. The van der Waals surface area contributed by atoms with E-state index in [1.165, 1.54) is 13.8 Å². The van der Waals surface area contributed by atoms with Crippen molar-refractivity contribution in [3.8, 4) is 0 Å². The van der Waals surface area contributed by atoms with Gasteiger partial charge in [0.05, 0.1) is 6.61 Å². The number of esters is 1. The third-order valence-corrected chi connectivity index (χ3v) is 3.98. The molecule has 2 unspecified atom stereocenters. The van der Waals surface area contributed by atoms with Crippen molar-refractivity contribution < 1.29 is 24.2 Å². The molecule has 1 saturated heterocycles. The molecule has 1 aliphatic heterocycles. The molecule has 98 valence electrons. The van der Waals surface area contributed by atoms with Crippen molar-refractivity contribution in [1.29, 1.82) is 0 Å². The number of aliphatic carboxylic acids is 1. The van der Waals surface area contributed by atoms with Crippen molar-refractivity contribution in [2.24, 2.45) is 0 Å². The Hall–Kier alpha value is 0.396. The number of rotatable bonds is 3. The molecule has 0 aliphatic carbocycles. The van der Waals surface area contributed by atoms with Gasteiger partial charge in [-0.1, -0.05) is 0 Å². The minimum absolute atomic E-state index is 0. The van der Waals surface area contributed by atoms with Gasteiger partial charge in [-0.25, -0.2) is 9.59 Å². The standard InChI is InChI=1S/C10H15NO5S.K.H/c1-4-16-9(15)10(3)11(6(2)12)7(5-17-10)8(13)14;;/h7H,4-5H2,1-3H3,(H,13,14);;. The number of amides is 1. The van der Waals surface area contributed by atoms with Gasteiger partial charge in [-0.3, -0.25) is 4.79 Å². The third kappa shape index (κ3) is 3.48. The van der Waals surface area contributed by atoms with E-state index in [1.807, 2.05) is 0 Å². The molecular weight excluding hydrogens is 285 g/mol. The van der Waals surface area contributed by atoms with Crippen LogP contribution in [0.3, 0.4) is 0 Å². The number of nitrogens with zero attached hydrogens (tertiary/aromatic N) is 1. The predicted molar refractivity (Wildman–Crippen MR) is 68.6 cm³/mol. The molecule has 0 aromatic carbocycles. The number of carbonyl (C=O) groups is 3. The first-order chi connectivity index (χ1) is 7.84. The molecule has 1 fully saturated rings. The Bertz CT molecular complexity index is 364. The molecule has 0 spiro atoms. The van der Waals surface area contributed by atoms with Crippen molar-refractivity contribution in [2.75, 3.05) is 12.4 Å². The zero-order valence-electron chi connectivity index (χ0n) is 9.93. The molecular formula is C10H16KNO5S. The van der Waals surface area contributed by atoms with Crippen molar-refractivity contribution in [3.63, 3.8) is 0 Å². The van der Waals surface area contributed by atoms with Gasteiger partial charge >= 0.3 is 63.3 Å². The summed E-state index contributed by atoms with van der Waals surface area (Å²) >= 11 is 1.12. The number of carboxylic acids is 1. The molecule has 1 N–H and O–H groups in total. The molecule has 0 aromatic heterocycles. The summed E-state index contributed by atoms with van der Waals surface area (Å²) in [7, 11) is 0. The summed E-state index contributed by atoms with van der Waals surface area (Å²) in [5.74, 6) is -1.95. The fourth-order valence-corrected chi connectivity index (χ4v) is 3.15. The average molecular weight is 301 g/mol. The van der Waals surface area contributed by atoms with E-state index in [4.69, 9.17) is 9.84 Å². The second kappa shape index (κ2) is 7.25. The van der Waals surface area contributed by atoms with Crippen LogP contribution >= 0.6 is 11.8 Å². The first-order valence-corrected chi connectivity index (χ1v) is 6.17. The topological polar surface area (TPSA) is 83.9 Å². The van der Waals surface area contributed by atoms with Gasteiger partial charge in [0.2, 0.25) is 5.91 Å². The summed E-state index contributed by atoms with van der Waals surface area (Å²) in [5, 5.41) is 9.02. The molecule has 0 bridgehead atoms. The Morgan fingerprint density at radius 3 is 2.44 bits per heavy atom. The Balaban J connectivity index is 0.00000289. The molecule has 0 saturated carbocycles. The van der Waals surface area contributed by atoms with E-state index < -0.39 is 28.8 Å². The van der Waals surface area contributed by atoms with Crippen LogP contribution < -0.4 is 0 Å². The van der Waals surface area contributed by atoms with Crippen LogP contribution in [0.1, 0.15) is 20.8 Å². The summed E-state index contributed by atoms with van der Waals surface area (Å²) in [4.78, 5) is 34.2. The summed E-state index contributed by atoms with van der Waals surface area (Å²) in [6.07, 6.45) is 0. The van der Waals surface area contributed by atoms with Gasteiger partial charge in [-0.2, -0.15) is 0 Å². The molecule has 1 heterocycles. The van der Waals surface area contributed by atoms with E-state index >= 15 is 0 Å². The fourth-order valence-electron chi connectivity index (χ4n) is 1.81. The van der Waals surface area contributed by atoms with E-state index in [0.717, 1.165) is 16.7 Å². The predicted octanol–water partition coefficient (Wildman–Crippen LogP) is -0.334. The Labute approximate surface area is 152 Å². The van der Waals surface area contributed by atoms with E-state index in [0.29, 0.717) is 0 Å². The van der Waals surface area contributed by atoms with Crippen LogP contribution in [0, 0.1) is 0 Å². The molecule has 6 nitrogen and oxygen atoms in total. The van der Waals surface area contributed by atoms with Gasteiger partial charge < -0.3 is 14.7 Å². The fraction of sp³-hybridized carbons (Fsp3) is 0.700. The second-order valence-corrected chi connectivity index (χ2v) is 5.17. The van der Waals surface area contributed by atoms with Gasteiger partial charge in [0.1, 0.15) is 6.04 Å². The number of carbonyl (C=O) groups excluding carboxylic acids is 2. The summed E-state index contributed by atoms with van der Waals surface area (Å²) in [5.41, 5.74) is 0. The van der Waals surface area contributed by atoms with E-state index in [-0.39, 0.29) is 63.7 Å². The zero-order valence-corrected chi connectivity index (χ0v) is 10.7. The molecule has 0 aromatic rings. The number of carboxylic acid groups (broad SMARTS) is 1. The van der Waals surface area contributed by atoms with E-state index in [9.17, 15) is 14.4 Å². The van der Waals surface area contributed by atoms with Crippen molar-refractivity contribution >= 4 is 81.0 Å². The molecule has 0 radical (unpaired) electrons. The van der Waals surface area contributed by atoms with Crippen LogP contribution in [0.2, 0.25) is 0 Å². The van der Waals surface area contributed by atoms with Gasteiger partial charge in [0, 0.05) is 12.7 Å². The second-order valence-electron chi connectivity index (χ2n) is 3.76. The zero-order chi connectivity index (χ0) is 13.2. The van der Waals surface area contributed by atoms with Crippen LogP contribution in [0.15, 0.2) is 0 Å². The Morgan fingerprint density at radius 1 is 1.50 bits per heavy atom. The van der Waals surface area contributed by atoms with Crippen LogP contribution in [0.5, 0.6) is 0 Å². The van der Waals surface area contributed by atoms with E-state index in [2.05, 4.69) is 0 Å². The number of ether oxygens (including phenoxy) is 1. The third-order valence-electron chi connectivity index (χ3n) is 2.57. The molecule has 1 amide bonds. The van der Waals surface area contributed by atoms with Gasteiger partial charge in [-0.05, 0) is 13.8 Å². The molecule has 1 rings (SSSR count). The summed E-state index contributed by atoms with van der Waals surface area (Å²) < 4.78 is 4.89. The monoisotopic (exact) mass is 301 g/mol. The Kier molecular flexibility index (Phi) is 7.41. The SMILES string of the molecule is CCOC(=O)C1(C)SCC(C(=O)O)N1C(C)=O.[KH]. The van der Waals surface area contributed by atoms with Gasteiger partial charge in [-0.15, -0.1) is 11.8 Å². The van der Waals surface area contributed by atoms with Crippen molar-refractivity contribution in [3.05, 3.63) is 0 Å². The van der Waals surface area contributed by atoms with Crippen LogP contribution in [-0.4, -0.2) is 103 Å². The van der Waals surface area contributed by atoms with Gasteiger partial charge in [0.25, 0.3) is 0 Å². The summed E-state index contributed by atoms with van der Waals surface area (Å²) in [6.45, 7) is 4.62. The average Bonchev–Trinajstić information content (AvgIpc) is 2.58. The first-order valence-electron chi connectivity index (χ1n) is 5.18. The summed E-state index contributed by atoms with van der Waals surface area (Å²) in [6, 6.07) is -0.980. The number of hydrogen-bond donors (Lipinski definition) is 1. The maximum absolute atomic E-state index is 11.8. The van der Waals surface area contributed by atoms with Crippen LogP contribution in [0.25, 0.3) is 0 Å². The Morgan fingerprint density at radius 2 is 2.06 bits per heavy atom. The van der Waals surface area contributed by atoms with Gasteiger partial charge in [0.15, 0.2) is 4.87 Å². The van der Waals surface area contributed by atoms with Crippen molar-refractivity contribution in [1.82, 2.24) is 4.90 Å². The quantitative estimate of drug-likeness (QED) is 0.567. The van der Waals surface area contributed by atoms with Crippen LogP contribution in [0.4, 0.5) is 0 Å². The molecule has 8 heteroatoms. The maximum atomic E-state index is 11.8. The molecule has 1 aliphatic rings. The number of hydrogen-bond acceptors (Lipinski definition) is 5. The van der Waals surface area contributed by atoms with Crippen LogP contribution in [-0.2, 0) is 19.1 Å². The first kappa shape index (κ1) is 18.4. The molecule has 2 atom stereocenters. The normalized spacial score (nSPS) is 26.4.